The first-order valence-electron chi connectivity index (χ1n) is 9.45. The van der Waals surface area contributed by atoms with E-state index in [1.54, 1.807) is 0 Å². The van der Waals surface area contributed by atoms with E-state index in [9.17, 15) is 4.79 Å². The molecule has 29 heavy (non-hydrogen) atoms. The van der Waals surface area contributed by atoms with Gasteiger partial charge in [-0.05, 0) is 51.8 Å². The molecule has 0 bridgehead atoms. The van der Waals surface area contributed by atoms with Crippen LogP contribution in [0.2, 0.25) is 0 Å². The number of nitrogen functional groups attached to an aromatic ring is 1. The number of carbonyl (C=O) groups is 1. The van der Waals surface area contributed by atoms with E-state index in [0.717, 1.165) is 29.4 Å². The van der Waals surface area contributed by atoms with E-state index in [1.165, 1.54) is 0 Å². The average molecular weight is 401 g/mol. The molecule has 1 fully saturated rings. The van der Waals surface area contributed by atoms with Crippen molar-refractivity contribution in [2.45, 2.75) is 39.2 Å². The largest absolute Gasteiger partial charge is 0.490 e. The zero-order valence-corrected chi connectivity index (χ0v) is 17.0. The number of fused-ring (bicyclic) bond motifs is 1. The van der Waals surface area contributed by atoms with Crippen LogP contribution in [0.4, 0.5) is 5.69 Å². The lowest BCUT2D eigenvalue weighted by atomic mass is 9.97. The second-order valence-corrected chi connectivity index (χ2v) is 7.63. The lowest BCUT2D eigenvalue weighted by Crippen LogP contribution is -2.50. The lowest BCUT2D eigenvalue weighted by Gasteiger charge is -2.30. The van der Waals surface area contributed by atoms with Crippen molar-refractivity contribution in [3.63, 3.8) is 0 Å². The first-order valence-corrected chi connectivity index (χ1v) is 9.45. The minimum Gasteiger partial charge on any atom is -0.490 e. The molecule has 1 aliphatic rings. The van der Waals surface area contributed by atoms with Gasteiger partial charge in [0.15, 0.2) is 0 Å². The Labute approximate surface area is 169 Å². The van der Waals surface area contributed by atoms with Gasteiger partial charge in [-0.1, -0.05) is 6.07 Å². The molecule has 8 nitrogen and oxygen atoms in total. The monoisotopic (exact) mass is 401 g/mol. The quantitative estimate of drug-likeness (QED) is 0.788. The van der Waals surface area contributed by atoms with Crippen LogP contribution < -0.4 is 15.8 Å². The van der Waals surface area contributed by atoms with E-state index in [1.807, 2.05) is 45.0 Å². The third-order valence-electron chi connectivity index (χ3n) is 4.60. The standard InChI is InChI=1S/C20H27N3O3.CO2/c1-13-11-15(21)18-16(22-13)5-4-6-17(18)26-12-20(2,3)23-19(24)14-7-9-25-10-8-14;2-1-3/h4-6,11,14H,7-10,12H2,1-3H3,(H2,21,22)(H,23,24);. The van der Waals surface area contributed by atoms with E-state index >= 15 is 0 Å². The molecule has 0 aliphatic carbocycles. The second-order valence-electron chi connectivity index (χ2n) is 7.63. The number of rotatable bonds is 5. The van der Waals surface area contributed by atoms with Gasteiger partial charge in [-0.25, -0.2) is 0 Å². The highest BCUT2D eigenvalue weighted by molar-refractivity contribution is 5.95. The molecule has 8 heteroatoms. The molecular formula is C21H27N3O5. The fourth-order valence-corrected chi connectivity index (χ4v) is 3.23. The van der Waals surface area contributed by atoms with Gasteiger partial charge < -0.3 is 20.5 Å². The van der Waals surface area contributed by atoms with Crippen molar-refractivity contribution < 1.29 is 23.9 Å². The summed E-state index contributed by atoms with van der Waals surface area (Å²) in [6, 6.07) is 7.54. The van der Waals surface area contributed by atoms with Crippen LogP contribution in [0.5, 0.6) is 5.75 Å². The van der Waals surface area contributed by atoms with Crippen LogP contribution in [0.1, 0.15) is 32.4 Å². The van der Waals surface area contributed by atoms with Crippen LogP contribution in [0, 0.1) is 12.8 Å². The Balaban J connectivity index is 0.000000941. The minimum atomic E-state index is -0.496. The number of nitrogens with zero attached hydrogens (tertiary/aromatic N) is 1. The SMILES string of the molecule is Cc1cc(N)c2c(OCC(C)(C)NC(=O)C3CCOCC3)cccc2n1.O=C=O. The van der Waals surface area contributed by atoms with E-state index in [-0.39, 0.29) is 18.0 Å². The van der Waals surface area contributed by atoms with Crippen molar-refractivity contribution in [1.29, 1.82) is 0 Å². The van der Waals surface area contributed by atoms with Crippen molar-refractivity contribution in [3.05, 3.63) is 30.0 Å². The molecule has 0 unspecified atom stereocenters. The molecule has 2 aromatic rings. The van der Waals surface area contributed by atoms with E-state index in [4.69, 9.17) is 24.8 Å². The van der Waals surface area contributed by atoms with Crippen molar-refractivity contribution in [2.75, 3.05) is 25.6 Å². The Hall–Kier alpha value is -2.96. The molecular weight excluding hydrogens is 374 g/mol. The highest BCUT2D eigenvalue weighted by Crippen LogP contribution is 2.30. The third kappa shape index (κ3) is 6.27. The van der Waals surface area contributed by atoms with Gasteiger partial charge in [-0.2, -0.15) is 9.59 Å². The molecule has 0 saturated carbocycles. The number of ether oxygens (including phenoxy) is 2. The summed E-state index contributed by atoms with van der Waals surface area (Å²) >= 11 is 0. The molecule has 1 saturated heterocycles. The number of hydrogen-bond donors (Lipinski definition) is 2. The van der Waals surface area contributed by atoms with Crippen molar-refractivity contribution in [3.8, 4) is 5.75 Å². The van der Waals surface area contributed by atoms with Crippen LogP contribution in [0.15, 0.2) is 24.3 Å². The fraction of sp³-hybridized carbons (Fsp3) is 0.476. The van der Waals surface area contributed by atoms with Crippen LogP contribution in [-0.2, 0) is 19.1 Å². The summed E-state index contributed by atoms with van der Waals surface area (Å²) in [7, 11) is 0. The molecule has 1 aromatic carbocycles. The number of pyridine rings is 1. The maximum Gasteiger partial charge on any atom is 0.373 e. The number of aromatic nitrogens is 1. The predicted octanol–water partition coefficient (Wildman–Crippen LogP) is 2.24. The lowest BCUT2D eigenvalue weighted by molar-refractivity contribution is -0.191. The molecule has 1 aromatic heterocycles. The average Bonchev–Trinajstić information content (AvgIpc) is 2.67. The topological polar surface area (TPSA) is 121 Å². The number of amides is 1. The zero-order valence-electron chi connectivity index (χ0n) is 17.0. The number of benzene rings is 1. The van der Waals surface area contributed by atoms with Gasteiger partial charge >= 0.3 is 6.15 Å². The number of anilines is 1. The summed E-state index contributed by atoms with van der Waals surface area (Å²) in [5, 5.41) is 3.91. The number of hydrogen-bond acceptors (Lipinski definition) is 7. The summed E-state index contributed by atoms with van der Waals surface area (Å²) in [5.41, 5.74) is 8.00. The third-order valence-corrected chi connectivity index (χ3v) is 4.60. The maximum atomic E-state index is 12.5. The van der Waals surface area contributed by atoms with Crippen LogP contribution in [0.3, 0.4) is 0 Å². The molecule has 2 heterocycles. The number of nitrogens with one attached hydrogen (secondary N) is 1. The Kier molecular flexibility index (Phi) is 7.70. The molecule has 3 N–H and O–H groups in total. The van der Waals surface area contributed by atoms with E-state index in [0.29, 0.717) is 31.3 Å². The second kappa shape index (κ2) is 10.0. The fourth-order valence-electron chi connectivity index (χ4n) is 3.23. The van der Waals surface area contributed by atoms with Crippen LogP contribution in [-0.4, -0.2) is 42.4 Å². The van der Waals surface area contributed by atoms with Gasteiger partial charge in [0.1, 0.15) is 12.4 Å². The molecule has 0 atom stereocenters. The number of aryl methyl sites for hydroxylation is 1. The van der Waals surface area contributed by atoms with Crippen LogP contribution >= 0.6 is 0 Å². The Morgan fingerprint density at radius 1 is 1.34 bits per heavy atom. The van der Waals surface area contributed by atoms with Crippen molar-refractivity contribution in [2.24, 2.45) is 5.92 Å². The smallest absolute Gasteiger partial charge is 0.373 e. The molecule has 156 valence electrons. The Morgan fingerprint density at radius 2 is 2.00 bits per heavy atom. The minimum absolute atomic E-state index is 0.0170. The van der Waals surface area contributed by atoms with Gasteiger partial charge in [-0.3, -0.25) is 9.78 Å². The predicted molar refractivity (Wildman–Crippen MR) is 107 cm³/mol. The molecule has 0 radical (unpaired) electrons. The normalized spacial score (nSPS) is 14.4. The summed E-state index contributed by atoms with van der Waals surface area (Å²) < 4.78 is 11.4. The maximum absolute atomic E-state index is 12.5. The number of carbonyl (C=O) groups excluding carboxylic acids is 3. The summed E-state index contributed by atoms with van der Waals surface area (Å²) in [5.74, 6) is 0.765. The van der Waals surface area contributed by atoms with Gasteiger partial charge in [-0.15, -0.1) is 0 Å². The molecule has 1 amide bonds. The highest BCUT2D eigenvalue weighted by Gasteiger charge is 2.28. The first kappa shape index (κ1) is 22.3. The van der Waals surface area contributed by atoms with E-state index in [2.05, 4.69) is 10.3 Å². The molecule has 3 rings (SSSR count). The summed E-state index contributed by atoms with van der Waals surface area (Å²) in [6.45, 7) is 7.47. The summed E-state index contributed by atoms with van der Waals surface area (Å²) in [4.78, 5) is 33.2. The van der Waals surface area contributed by atoms with Gasteiger partial charge in [0, 0.05) is 30.5 Å². The zero-order chi connectivity index (χ0) is 21.4. The number of nitrogens with two attached hydrogens (primary N) is 1. The molecule has 1 aliphatic heterocycles. The van der Waals surface area contributed by atoms with Crippen LogP contribution in [0.25, 0.3) is 10.9 Å². The van der Waals surface area contributed by atoms with Gasteiger partial charge in [0.25, 0.3) is 0 Å². The van der Waals surface area contributed by atoms with Crippen molar-refractivity contribution >= 4 is 28.6 Å². The Morgan fingerprint density at radius 3 is 2.66 bits per heavy atom. The van der Waals surface area contributed by atoms with Gasteiger partial charge in [0.05, 0.1) is 16.4 Å². The first-order chi connectivity index (χ1) is 13.8. The van der Waals surface area contributed by atoms with E-state index < -0.39 is 5.54 Å². The van der Waals surface area contributed by atoms with Gasteiger partial charge in [0.2, 0.25) is 5.91 Å². The van der Waals surface area contributed by atoms with Crippen molar-refractivity contribution in [1.82, 2.24) is 10.3 Å². The highest BCUT2D eigenvalue weighted by atomic mass is 16.5. The summed E-state index contributed by atoms with van der Waals surface area (Å²) in [6.07, 6.45) is 1.79. The molecule has 0 spiro atoms. The Bertz CT molecular complexity index is 885.